The van der Waals surface area contributed by atoms with Gasteiger partial charge in [0, 0.05) is 0 Å². The van der Waals surface area contributed by atoms with E-state index < -0.39 is 0 Å². The predicted molar refractivity (Wildman–Crippen MR) is 57.1 cm³/mol. The van der Waals surface area contributed by atoms with Gasteiger partial charge in [0.1, 0.15) is 18.0 Å². The predicted octanol–water partition coefficient (Wildman–Crippen LogP) is 0.702. The fraction of sp³-hybridized carbons (Fsp3) is 0.222. The van der Waals surface area contributed by atoms with E-state index >= 15 is 0 Å². The molecule has 0 unspecified atom stereocenters. The first-order valence-corrected chi connectivity index (χ1v) is 4.56. The molecule has 0 bridgehead atoms. The largest absolute Gasteiger partial charge is 0.397 e. The Morgan fingerprint density at radius 3 is 3.00 bits per heavy atom. The third-order valence-corrected chi connectivity index (χ3v) is 2.05. The minimum absolute atomic E-state index is 0.566. The summed E-state index contributed by atoms with van der Waals surface area (Å²) in [4.78, 5) is 8.13. The highest BCUT2D eigenvalue weighted by Crippen LogP contribution is 2.13. The van der Waals surface area contributed by atoms with E-state index in [4.69, 9.17) is 5.73 Å². The second kappa shape index (κ2) is 3.95. The zero-order chi connectivity index (χ0) is 10.7. The van der Waals surface area contributed by atoms with Gasteiger partial charge in [-0.05, 0) is 18.6 Å². The van der Waals surface area contributed by atoms with Crippen molar-refractivity contribution in [3.8, 4) is 0 Å². The van der Waals surface area contributed by atoms with E-state index in [0.717, 1.165) is 17.2 Å². The molecule has 2 aromatic rings. The highest BCUT2D eigenvalue weighted by Gasteiger charge is 1.99. The van der Waals surface area contributed by atoms with Crippen LogP contribution in [-0.4, -0.2) is 20.2 Å². The van der Waals surface area contributed by atoms with E-state index in [0.29, 0.717) is 12.2 Å². The molecule has 0 fully saturated rings. The second-order valence-electron chi connectivity index (χ2n) is 3.21. The van der Waals surface area contributed by atoms with Crippen molar-refractivity contribution in [2.75, 3.05) is 11.1 Å². The number of hydrogen-bond acceptors (Lipinski definition) is 5. The van der Waals surface area contributed by atoms with Crippen LogP contribution in [0.1, 0.15) is 11.4 Å². The van der Waals surface area contributed by atoms with Crippen molar-refractivity contribution < 1.29 is 0 Å². The van der Waals surface area contributed by atoms with Gasteiger partial charge >= 0.3 is 0 Å². The van der Waals surface area contributed by atoms with Crippen LogP contribution in [0.2, 0.25) is 0 Å². The van der Waals surface area contributed by atoms with Gasteiger partial charge in [0.05, 0.1) is 18.4 Å². The molecular formula is C9H12N6. The summed E-state index contributed by atoms with van der Waals surface area (Å²) in [5.74, 6) is 1.55. The number of rotatable bonds is 3. The second-order valence-corrected chi connectivity index (χ2v) is 3.21. The van der Waals surface area contributed by atoms with Gasteiger partial charge in [0.15, 0.2) is 0 Å². The first-order valence-electron chi connectivity index (χ1n) is 4.56. The van der Waals surface area contributed by atoms with E-state index in [1.165, 1.54) is 6.33 Å². The summed E-state index contributed by atoms with van der Waals surface area (Å²) < 4.78 is 0. The van der Waals surface area contributed by atoms with Crippen molar-refractivity contribution in [3.63, 3.8) is 0 Å². The molecule has 2 heterocycles. The Labute approximate surface area is 86.9 Å². The molecule has 2 aromatic heterocycles. The van der Waals surface area contributed by atoms with Crippen molar-refractivity contribution in [1.82, 2.24) is 20.2 Å². The molecule has 0 atom stereocenters. The van der Waals surface area contributed by atoms with Crippen molar-refractivity contribution in [2.45, 2.75) is 13.5 Å². The molecule has 0 aliphatic heterocycles. The number of aryl methyl sites for hydroxylation is 1. The Morgan fingerprint density at radius 2 is 2.33 bits per heavy atom. The van der Waals surface area contributed by atoms with Gasteiger partial charge in [0.2, 0.25) is 0 Å². The minimum Gasteiger partial charge on any atom is -0.397 e. The van der Waals surface area contributed by atoms with Crippen molar-refractivity contribution in [1.29, 1.82) is 0 Å². The summed E-state index contributed by atoms with van der Waals surface area (Å²) in [6.07, 6.45) is 3.11. The van der Waals surface area contributed by atoms with Crippen LogP contribution >= 0.6 is 0 Å². The number of nitrogens with one attached hydrogen (secondary N) is 2. The lowest BCUT2D eigenvalue weighted by atomic mass is 10.2. The molecule has 0 aliphatic carbocycles. The summed E-state index contributed by atoms with van der Waals surface area (Å²) in [6.45, 7) is 2.51. The molecule has 2 rings (SSSR count). The number of aromatic nitrogens is 4. The summed E-state index contributed by atoms with van der Waals surface area (Å²) in [7, 11) is 0. The number of anilines is 2. The summed E-state index contributed by atoms with van der Waals surface area (Å²) in [6, 6.07) is 1.89. The standard InChI is InChI=1S/C9H12N6/c1-6-2-8(11-3-7(6)10)12-4-9-13-5-14-15-9/h2-3,5H,4,10H2,1H3,(H,11,12)(H,13,14,15). The maximum atomic E-state index is 5.66. The molecule has 0 amide bonds. The molecule has 0 spiro atoms. The summed E-state index contributed by atoms with van der Waals surface area (Å²) in [5, 5.41) is 9.62. The lowest BCUT2D eigenvalue weighted by molar-refractivity contribution is 0.947. The highest BCUT2D eigenvalue weighted by molar-refractivity contribution is 5.50. The molecule has 0 saturated heterocycles. The molecule has 0 aromatic carbocycles. The third-order valence-electron chi connectivity index (χ3n) is 2.05. The molecule has 15 heavy (non-hydrogen) atoms. The molecular weight excluding hydrogens is 192 g/mol. The van der Waals surface area contributed by atoms with Crippen LogP contribution in [0.25, 0.3) is 0 Å². The molecule has 4 N–H and O–H groups in total. The average molecular weight is 204 g/mol. The fourth-order valence-electron chi connectivity index (χ4n) is 1.15. The Balaban J connectivity index is 2.02. The van der Waals surface area contributed by atoms with Crippen LogP contribution in [0.5, 0.6) is 0 Å². The van der Waals surface area contributed by atoms with E-state index in [2.05, 4.69) is 25.5 Å². The fourth-order valence-corrected chi connectivity index (χ4v) is 1.15. The molecule has 0 saturated carbocycles. The van der Waals surface area contributed by atoms with E-state index in [1.54, 1.807) is 6.20 Å². The highest BCUT2D eigenvalue weighted by atomic mass is 15.2. The normalized spacial score (nSPS) is 10.2. The minimum atomic E-state index is 0.566. The summed E-state index contributed by atoms with van der Waals surface area (Å²) in [5.41, 5.74) is 7.36. The SMILES string of the molecule is Cc1cc(NCc2ncn[nH]2)ncc1N. The first-order chi connectivity index (χ1) is 7.25. The van der Waals surface area contributed by atoms with Gasteiger partial charge in [-0.15, -0.1) is 0 Å². The summed E-state index contributed by atoms with van der Waals surface area (Å²) >= 11 is 0. The van der Waals surface area contributed by atoms with Gasteiger partial charge in [0.25, 0.3) is 0 Å². The smallest absolute Gasteiger partial charge is 0.143 e. The van der Waals surface area contributed by atoms with Crippen LogP contribution in [0, 0.1) is 6.92 Å². The number of aromatic amines is 1. The van der Waals surface area contributed by atoms with Crippen LogP contribution in [-0.2, 0) is 6.54 Å². The van der Waals surface area contributed by atoms with Gasteiger partial charge in [-0.25, -0.2) is 9.97 Å². The average Bonchev–Trinajstić information content (AvgIpc) is 2.73. The van der Waals surface area contributed by atoms with E-state index in [-0.39, 0.29) is 0 Å². The lowest BCUT2D eigenvalue weighted by Crippen LogP contribution is -2.04. The monoisotopic (exact) mass is 204 g/mol. The zero-order valence-electron chi connectivity index (χ0n) is 8.36. The Bertz CT molecular complexity index is 436. The topological polar surface area (TPSA) is 92.5 Å². The van der Waals surface area contributed by atoms with E-state index in [1.807, 2.05) is 13.0 Å². The Hall–Kier alpha value is -2.11. The van der Waals surface area contributed by atoms with Crippen molar-refractivity contribution >= 4 is 11.5 Å². The van der Waals surface area contributed by atoms with Crippen LogP contribution in [0.4, 0.5) is 11.5 Å². The van der Waals surface area contributed by atoms with E-state index in [9.17, 15) is 0 Å². The molecule has 6 heteroatoms. The molecule has 6 nitrogen and oxygen atoms in total. The van der Waals surface area contributed by atoms with Crippen LogP contribution in [0.3, 0.4) is 0 Å². The zero-order valence-corrected chi connectivity index (χ0v) is 8.36. The number of pyridine rings is 1. The van der Waals surface area contributed by atoms with Crippen LogP contribution < -0.4 is 11.1 Å². The quantitative estimate of drug-likeness (QED) is 0.684. The molecule has 0 aliphatic rings. The Morgan fingerprint density at radius 1 is 1.47 bits per heavy atom. The number of nitrogens with two attached hydrogens (primary N) is 1. The number of hydrogen-bond donors (Lipinski definition) is 3. The lowest BCUT2D eigenvalue weighted by Gasteiger charge is -2.05. The van der Waals surface area contributed by atoms with Gasteiger partial charge in [-0.3, -0.25) is 5.10 Å². The van der Waals surface area contributed by atoms with Crippen LogP contribution in [0.15, 0.2) is 18.6 Å². The van der Waals surface area contributed by atoms with Crippen molar-refractivity contribution in [2.24, 2.45) is 0 Å². The number of H-pyrrole nitrogens is 1. The van der Waals surface area contributed by atoms with Gasteiger partial charge in [-0.1, -0.05) is 0 Å². The Kier molecular flexibility index (Phi) is 2.49. The maximum absolute atomic E-state index is 5.66. The number of nitrogens with zero attached hydrogens (tertiary/aromatic N) is 3. The molecule has 0 radical (unpaired) electrons. The number of nitrogen functional groups attached to an aromatic ring is 1. The van der Waals surface area contributed by atoms with Crippen molar-refractivity contribution in [3.05, 3.63) is 30.0 Å². The first kappa shape index (κ1) is 9.45. The third kappa shape index (κ3) is 2.22. The molecule has 78 valence electrons. The van der Waals surface area contributed by atoms with Gasteiger partial charge in [-0.2, -0.15) is 5.10 Å². The van der Waals surface area contributed by atoms with Gasteiger partial charge < -0.3 is 11.1 Å². The maximum Gasteiger partial charge on any atom is 0.143 e.